The van der Waals surface area contributed by atoms with E-state index in [9.17, 15) is 0 Å². The molecule has 0 radical (unpaired) electrons. The van der Waals surface area contributed by atoms with E-state index in [2.05, 4.69) is 47.3 Å². The average molecular weight is 237 g/mol. The van der Waals surface area contributed by atoms with E-state index in [1.165, 1.54) is 5.56 Å². The molecule has 2 heterocycles. The summed E-state index contributed by atoms with van der Waals surface area (Å²) in [5.74, 6) is 0.910. The number of aryl methyl sites for hydroxylation is 3. The highest BCUT2D eigenvalue weighted by atomic mass is 15.3. The fraction of sp³-hybridized carbons (Fsp3) is 0.200. The maximum Gasteiger partial charge on any atom is 0.158 e. The minimum atomic E-state index is 0.880. The van der Waals surface area contributed by atoms with Crippen LogP contribution in [0.5, 0.6) is 0 Å². The first kappa shape index (κ1) is 11.0. The molecule has 3 rings (SSSR count). The average Bonchev–Trinajstić information content (AvgIpc) is 2.82. The maximum atomic E-state index is 4.58. The molecule has 3 heteroatoms. The van der Waals surface area contributed by atoms with Crippen molar-refractivity contribution in [3.63, 3.8) is 0 Å². The summed E-state index contributed by atoms with van der Waals surface area (Å²) in [6.07, 6.45) is 3.81. The molecule has 0 spiro atoms. The summed E-state index contributed by atoms with van der Waals surface area (Å²) in [7, 11) is 0. The Morgan fingerprint density at radius 2 is 1.83 bits per heavy atom. The summed E-state index contributed by atoms with van der Waals surface area (Å²) < 4.78 is 1.86. The van der Waals surface area contributed by atoms with Gasteiger partial charge in [0, 0.05) is 12.6 Å². The topological polar surface area (TPSA) is 30.2 Å². The third kappa shape index (κ3) is 2.12. The van der Waals surface area contributed by atoms with Gasteiger partial charge in [0.25, 0.3) is 0 Å². The van der Waals surface area contributed by atoms with Gasteiger partial charge in [0.05, 0.1) is 0 Å². The molecule has 0 atom stereocenters. The minimum Gasteiger partial charge on any atom is -0.221 e. The fourth-order valence-corrected chi connectivity index (χ4v) is 2.09. The van der Waals surface area contributed by atoms with Crippen molar-refractivity contribution in [3.05, 3.63) is 65.6 Å². The van der Waals surface area contributed by atoms with Gasteiger partial charge in [0.2, 0.25) is 0 Å². The molecule has 0 aliphatic heterocycles. The van der Waals surface area contributed by atoms with E-state index in [0.717, 1.165) is 29.9 Å². The van der Waals surface area contributed by atoms with E-state index in [1.807, 2.05) is 22.8 Å². The number of fused-ring (bicyclic) bond motifs is 1. The molecule has 0 aliphatic rings. The van der Waals surface area contributed by atoms with Gasteiger partial charge in [-0.3, -0.25) is 0 Å². The van der Waals surface area contributed by atoms with E-state index in [4.69, 9.17) is 0 Å². The molecule has 0 N–H and O–H groups in total. The van der Waals surface area contributed by atoms with E-state index in [0.29, 0.717) is 0 Å². The summed E-state index contributed by atoms with van der Waals surface area (Å²) in [5.41, 5.74) is 3.45. The quantitative estimate of drug-likeness (QED) is 0.701. The van der Waals surface area contributed by atoms with Crippen LogP contribution in [0.2, 0.25) is 0 Å². The summed E-state index contributed by atoms with van der Waals surface area (Å²) in [6, 6.07) is 14.5. The Bertz CT molecular complexity index is 656. The van der Waals surface area contributed by atoms with Crippen LogP contribution in [0.4, 0.5) is 0 Å². The molecule has 3 aromatic rings. The molecule has 90 valence electrons. The third-order valence-electron chi connectivity index (χ3n) is 3.08. The van der Waals surface area contributed by atoms with Crippen LogP contribution in [0, 0.1) is 6.92 Å². The number of pyridine rings is 1. The molecule has 0 bridgehead atoms. The van der Waals surface area contributed by atoms with Crippen LogP contribution in [0.3, 0.4) is 0 Å². The van der Waals surface area contributed by atoms with Crippen LogP contribution in [0.25, 0.3) is 5.65 Å². The van der Waals surface area contributed by atoms with E-state index < -0.39 is 0 Å². The van der Waals surface area contributed by atoms with Crippen LogP contribution >= 0.6 is 0 Å². The van der Waals surface area contributed by atoms with Crippen molar-refractivity contribution in [3.8, 4) is 0 Å². The second-order valence-corrected chi connectivity index (χ2v) is 4.47. The van der Waals surface area contributed by atoms with Crippen molar-refractivity contribution in [1.29, 1.82) is 0 Å². The zero-order valence-electron chi connectivity index (χ0n) is 10.4. The Morgan fingerprint density at radius 1 is 1.00 bits per heavy atom. The van der Waals surface area contributed by atoms with Crippen LogP contribution in [0.15, 0.2) is 48.7 Å². The van der Waals surface area contributed by atoms with Gasteiger partial charge < -0.3 is 0 Å². The van der Waals surface area contributed by atoms with Gasteiger partial charge in [-0.25, -0.2) is 9.50 Å². The Hall–Kier alpha value is -2.16. The number of hydrogen-bond acceptors (Lipinski definition) is 2. The molecular formula is C15H15N3. The zero-order chi connectivity index (χ0) is 12.4. The predicted molar refractivity (Wildman–Crippen MR) is 71.6 cm³/mol. The molecular weight excluding hydrogens is 222 g/mol. The first-order chi connectivity index (χ1) is 8.83. The molecule has 0 amide bonds. The highest BCUT2D eigenvalue weighted by Gasteiger charge is 2.05. The Kier molecular flexibility index (Phi) is 2.81. The minimum absolute atomic E-state index is 0.880. The summed E-state index contributed by atoms with van der Waals surface area (Å²) in [4.78, 5) is 4.58. The van der Waals surface area contributed by atoms with Gasteiger partial charge in [-0.2, -0.15) is 5.10 Å². The van der Waals surface area contributed by atoms with Gasteiger partial charge in [-0.1, -0.05) is 36.4 Å². The first-order valence-corrected chi connectivity index (χ1v) is 6.18. The SMILES string of the molecule is Cc1cccn2nc(CCc3ccccc3)nc12. The standard InChI is InChI=1S/C15H15N3/c1-12-6-5-11-18-15(12)16-14(17-18)10-9-13-7-3-2-4-8-13/h2-8,11H,9-10H2,1H3. The highest BCUT2D eigenvalue weighted by molar-refractivity contribution is 5.45. The molecule has 0 saturated carbocycles. The fourth-order valence-electron chi connectivity index (χ4n) is 2.09. The number of hydrogen-bond donors (Lipinski definition) is 0. The molecule has 18 heavy (non-hydrogen) atoms. The van der Waals surface area contributed by atoms with E-state index in [-0.39, 0.29) is 0 Å². The number of nitrogens with zero attached hydrogens (tertiary/aromatic N) is 3. The molecule has 0 unspecified atom stereocenters. The summed E-state index contributed by atoms with van der Waals surface area (Å²) in [5, 5.41) is 4.49. The first-order valence-electron chi connectivity index (χ1n) is 6.18. The van der Waals surface area contributed by atoms with E-state index >= 15 is 0 Å². The number of aromatic nitrogens is 3. The normalized spacial score (nSPS) is 10.9. The summed E-state index contributed by atoms with van der Waals surface area (Å²) in [6.45, 7) is 2.06. The number of benzene rings is 1. The van der Waals surface area contributed by atoms with Crippen molar-refractivity contribution >= 4 is 5.65 Å². The predicted octanol–water partition coefficient (Wildman–Crippen LogP) is 2.82. The van der Waals surface area contributed by atoms with Crippen molar-refractivity contribution in [2.45, 2.75) is 19.8 Å². The lowest BCUT2D eigenvalue weighted by atomic mass is 10.1. The van der Waals surface area contributed by atoms with Gasteiger partial charge >= 0.3 is 0 Å². The van der Waals surface area contributed by atoms with Gasteiger partial charge in [-0.05, 0) is 30.5 Å². The number of rotatable bonds is 3. The van der Waals surface area contributed by atoms with Crippen molar-refractivity contribution in [1.82, 2.24) is 14.6 Å². The zero-order valence-corrected chi connectivity index (χ0v) is 10.4. The van der Waals surface area contributed by atoms with Crippen molar-refractivity contribution in [2.24, 2.45) is 0 Å². The highest BCUT2D eigenvalue weighted by Crippen LogP contribution is 2.09. The van der Waals surface area contributed by atoms with Gasteiger partial charge in [0.1, 0.15) is 0 Å². The molecule has 0 saturated heterocycles. The van der Waals surface area contributed by atoms with Crippen molar-refractivity contribution in [2.75, 3.05) is 0 Å². The smallest absolute Gasteiger partial charge is 0.158 e. The van der Waals surface area contributed by atoms with Gasteiger partial charge in [0.15, 0.2) is 11.5 Å². The lowest BCUT2D eigenvalue weighted by molar-refractivity contribution is 0.836. The van der Waals surface area contributed by atoms with Crippen LogP contribution in [0.1, 0.15) is 17.0 Å². The molecule has 3 nitrogen and oxygen atoms in total. The molecule has 0 fully saturated rings. The molecule has 0 aliphatic carbocycles. The maximum absolute atomic E-state index is 4.58. The summed E-state index contributed by atoms with van der Waals surface area (Å²) >= 11 is 0. The van der Waals surface area contributed by atoms with Crippen molar-refractivity contribution < 1.29 is 0 Å². The van der Waals surface area contributed by atoms with Gasteiger partial charge in [-0.15, -0.1) is 0 Å². The van der Waals surface area contributed by atoms with Crippen LogP contribution in [-0.4, -0.2) is 14.6 Å². The third-order valence-corrected chi connectivity index (χ3v) is 3.08. The van der Waals surface area contributed by atoms with Crippen LogP contribution in [-0.2, 0) is 12.8 Å². The molecule has 2 aromatic heterocycles. The Labute approximate surface area is 106 Å². The van der Waals surface area contributed by atoms with E-state index in [1.54, 1.807) is 0 Å². The Balaban J connectivity index is 1.81. The lowest BCUT2D eigenvalue weighted by Gasteiger charge is -1.96. The second kappa shape index (κ2) is 4.61. The lowest BCUT2D eigenvalue weighted by Crippen LogP contribution is -1.94. The molecule has 1 aromatic carbocycles. The Morgan fingerprint density at radius 3 is 2.61 bits per heavy atom. The monoisotopic (exact) mass is 237 g/mol. The largest absolute Gasteiger partial charge is 0.221 e. The second-order valence-electron chi connectivity index (χ2n) is 4.47. The van der Waals surface area contributed by atoms with Crippen LogP contribution < -0.4 is 0 Å².